The number of thiocarbonyl (C=S) groups is 2. The van der Waals surface area contributed by atoms with Crippen LogP contribution in [0.2, 0.25) is 0 Å². The third kappa shape index (κ3) is 2.01. The molecule has 0 saturated heterocycles. The van der Waals surface area contributed by atoms with Crippen molar-refractivity contribution in [3.63, 3.8) is 0 Å². The zero-order valence-electron chi connectivity index (χ0n) is 8.43. The van der Waals surface area contributed by atoms with E-state index in [0.29, 0.717) is 6.04 Å². The Kier molecular flexibility index (Phi) is 2.98. The number of fused-ring (bicyclic) bond motifs is 1. The summed E-state index contributed by atoms with van der Waals surface area (Å²) in [4.78, 5) is 2.95. The summed E-state index contributed by atoms with van der Waals surface area (Å²) in [5.74, 6) is 0. The van der Waals surface area contributed by atoms with Crippen molar-refractivity contribution in [3.8, 4) is 0 Å². The maximum absolute atomic E-state index is 5.26. The molecule has 0 bridgehead atoms. The molecular weight excluding hydrogens is 224 g/mol. The first-order valence-corrected chi connectivity index (χ1v) is 5.73. The van der Waals surface area contributed by atoms with Crippen LogP contribution in [0.3, 0.4) is 0 Å². The zero-order valence-corrected chi connectivity index (χ0v) is 10.1. The molecule has 1 aromatic carbocycles. The Labute approximate surface area is 100 Å². The molecule has 1 heterocycles. The number of anilines is 2. The van der Waals surface area contributed by atoms with Gasteiger partial charge in [-0.1, -0.05) is 36.6 Å². The average molecular weight is 236 g/mol. The molecule has 4 heteroatoms. The number of nitrogens with zero attached hydrogens (tertiary/aromatic N) is 1. The maximum Gasteiger partial charge on any atom is 0.0818 e. The van der Waals surface area contributed by atoms with Crippen LogP contribution >= 0.6 is 24.4 Å². The fourth-order valence-corrected chi connectivity index (χ4v) is 2.44. The maximum atomic E-state index is 5.26. The Bertz CT molecular complexity index is 403. The second-order valence-corrected chi connectivity index (χ2v) is 4.33. The van der Waals surface area contributed by atoms with Gasteiger partial charge in [0, 0.05) is 12.5 Å². The van der Waals surface area contributed by atoms with Crippen molar-refractivity contribution in [1.82, 2.24) is 0 Å². The van der Waals surface area contributed by atoms with Crippen molar-refractivity contribution in [2.45, 2.75) is 19.4 Å². The van der Waals surface area contributed by atoms with E-state index in [1.807, 2.05) is 18.2 Å². The van der Waals surface area contributed by atoms with Gasteiger partial charge in [-0.15, -0.1) is 0 Å². The van der Waals surface area contributed by atoms with E-state index in [-0.39, 0.29) is 0 Å². The zero-order chi connectivity index (χ0) is 10.8. The molecule has 15 heavy (non-hydrogen) atoms. The van der Waals surface area contributed by atoms with Gasteiger partial charge >= 0.3 is 0 Å². The summed E-state index contributed by atoms with van der Waals surface area (Å²) in [6, 6.07) is 8.38. The Hall–Kier alpha value is -1.00. The van der Waals surface area contributed by atoms with Gasteiger partial charge in [-0.2, -0.15) is 0 Å². The molecule has 2 rings (SSSR count). The van der Waals surface area contributed by atoms with Crippen molar-refractivity contribution in [1.29, 1.82) is 0 Å². The third-order valence-corrected chi connectivity index (χ3v) is 3.02. The van der Waals surface area contributed by atoms with Crippen molar-refractivity contribution in [3.05, 3.63) is 24.3 Å². The van der Waals surface area contributed by atoms with E-state index < -0.39 is 0 Å². The summed E-state index contributed by atoms with van der Waals surface area (Å²) in [5.41, 5.74) is 3.83. The molecule has 1 aliphatic rings. The van der Waals surface area contributed by atoms with Gasteiger partial charge in [0.1, 0.15) is 0 Å². The summed E-state index contributed by atoms with van der Waals surface area (Å²) >= 11 is 10.3. The topological polar surface area (TPSA) is 15.3 Å². The molecule has 1 atom stereocenters. The molecule has 0 radical (unpaired) electrons. The summed E-state index contributed by atoms with van der Waals surface area (Å²) in [7, 11) is 0. The number of hydrogen-bond acceptors (Lipinski definition) is 2. The predicted octanol–water partition coefficient (Wildman–Crippen LogP) is 2.98. The van der Waals surface area contributed by atoms with Gasteiger partial charge < -0.3 is 10.2 Å². The van der Waals surface area contributed by atoms with Crippen LogP contribution in [-0.4, -0.2) is 16.5 Å². The molecule has 1 aliphatic heterocycles. The molecule has 0 aromatic heterocycles. The SMILES string of the molecule is CC1CC(=S)Nc2ccccc2N1C=S. The molecular formula is C11H12N2S2. The average Bonchev–Trinajstić information content (AvgIpc) is 2.32. The van der Waals surface area contributed by atoms with E-state index in [1.165, 1.54) is 0 Å². The Morgan fingerprint density at radius 2 is 2.20 bits per heavy atom. The van der Waals surface area contributed by atoms with Crippen LogP contribution < -0.4 is 10.2 Å². The van der Waals surface area contributed by atoms with Crippen LogP contribution in [0.1, 0.15) is 13.3 Å². The molecule has 0 saturated carbocycles. The molecule has 1 aromatic rings. The van der Waals surface area contributed by atoms with Crippen LogP contribution in [0.4, 0.5) is 11.4 Å². The molecule has 1 N–H and O–H groups in total. The minimum atomic E-state index is 0.311. The van der Waals surface area contributed by atoms with Gasteiger partial charge in [-0.25, -0.2) is 0 Å². The van der Waals surface area contributed by atoms with Crippen molar-refractivity contribution in [2.75, 3.05) is 10.2 Å². The summed E-state index contributed by atoms with van der Waals surface area (Å²) in [6.07, 6.45) is 0.831. The summed E-state index contributed by atoms with van der Waals surface area (Å²) in [6.45, 7) is 2.12. The Morgan fingerprint density at radius 3 is 2.93 bits per heavy atom. The van der Waals surface area contributed by atoms with Gasteiger partial charge in [-0.3, -0.25) is 0 Å². The second-order valence-electron chi connectivity index (χ2n) is 3.63. The van der Waals surface area contributed by atoms with Gasteiger partial charge in [-0.05, 0) is 19.1 Å². The molecule has 2 nitrogen and oxygen atoms in total. The number of rotatable bonds is 1. The molecule has 0 amide bonds. The lowest BCUT2D eigenvalue weighted by Gasteiger charge is -2.24. The molecule has 0 spiro atoms. The first-order valence-electron chi connectivity index (χ1n) is 4.85. The quantitative estimate of drug-likeness (QED) is 0.754. The highest BCUT2D eigenvalue weighted by molar-refractivity contribution is 7.80. The first-order chi connectivity index (χ1) is 7.22. The lowest BCUT2D eigenvalue weighted by atomic mass is 10.2. The Balaban J connectivity index is 2.50. The minimum absolute atomic E-state index is 0.311. The van der Waals surface area contributed by atoms with E-state index in [2.05, 4.69) is 23.2 Å². The van der Waals surface area contributed by atoms with Crippen LogP contribution in [0.25, 0.3) is 0 Å². The van der Waals surface area contributed by atoms with E-state index in [1.54, 1.807) is 5.49 Å². The van der Waals surface area contributed by atoms with E-state index in [4.69, 9.17) is 24.4 Å². The highest BCUT2D eigenvalue weighted by atomic mass is 32.1. The largest absolute Gasteiger partial charge is 0.348 e. The normalized spacial score (nSPS) is 20.2. The van der Waals surface area contributed by atoms with Gasteiger partial charge in [0.2, 0.25) is 0 Å². The number of benzene rings is 1. The van der Waals surface area contributed by atoms with Crippen molar-refractivity contribution in [2.24, 2.45) is 0 Å². The molecule has 78 valence electrons. The van der Waals surface area contributed by atoms with E-state index in [0.717, 1.165) is 22.8 Å². The number of para-hydroxylation sites is 2. The summed E-state index contributed by atoms with van der Waals surface area (Å²) in [5, 5.41) is 3.24. The smallest absolute Gasteiger partial charge is 0.0818 e. The van der Waals surface area contributed by atoms with Gasteiger partial charge in [0.25, 0.3) is 0 Å². The van der Waals surface area contributed by atoms with Crippen molar-refractivity contribution < 1.29 is 0 Å². The lowest BCUT2D eigenvalue weighted by Crippen LogP contribution is -2.31. The van der Waals surface area contributed by atoms with Crippen LogP contribution in [0.15, 0.2) is 24.3 Å². The highest BCUT2D eigenvalue weighted by Crippen LogP contribution is 2.30. The predicted molar refractivity (Wildman–Crippen MR) is 72.9 cm³/mol. The van der Waals surface area contributed by atoms with Crippen molar-refractivity contribution >= 4 is 46.3 Å². The molecule has 0 aliphatic carbocycles. The minimum Gasteiger partial charge on any atom is -0.348 e. The highest BCUT2D eigenvalue weighted by Gasteiger charge is 2.21. The molecule has 0 fully saturated rings. The van der Waals surface area contributed by atoms with Crippen LogP contribution in [-0.2, 0) is 0 Å². The molecule has 1 unspecified atom stereocenters. The standard InChI is InChI=1S/C11H12N2S2/c1-8-6-11(15)12-9-4-2-3-5-10(9)13(8)7-14/h2-5,7-8H,6H2,1H3,(H,12,15). The summed E-state index contributed by atoms with van der Waals surface area (Å²) < 4.78 is 0. The number of nitrogens with one attached hydrogen (secondary N) is 1. The monoisotopic (exact) mass is 236 g/mol. The van der Waals surface area contributed by atoms with Crippen LogP contribution in [0.5, 0.6) is 0 Å². The third-order valence-electron chi connectivity index (χ3n) is 2.53. The fraction of sp³-hybridized carbons (Fsp3) is 0.273. The lowest BCUT2D eigenvalue weighted by molar-refractivity contribution is 0.779. The second kappa shape index (κ2) is 4.24. The van der Waals surface area contributed by atoms with Gasteiger partial charge in [0.15, 0.2) is 0 Å². The van der Waals surface area contributed by atoms with E-state index >= 15 is 0 Å². The van der Waals surface area contributed by atoms with Gasteiger partial charge in [0.05, 0.1) is 21.9 Å². The fourth-order valence-electron chi connectivity index (χ4n) is 1.77. The Morgan fingerprint density at radius 1 is 1.47 bits per heavy atom. The van der Waals surface area contributed by atoms with E-state index in [9.17, 15) is 0 Å². The first kappa shape index (κ1) is 10.5. The van der Waals surface area contributed by atoms with Crippen LogP contribution in [0, 0.1) is 0 Å². The number of hydrogen-bond donors (Lipinski definition) is 1.